The zero-order chi connectivity index (χ0) is 12.1. The van der Waals surface area contributed by atoms with Crippen molar-refractivity contribution in [2.24, 2.45) is 0 Å². The largest absolute Gasteiger partial charge is 0.0654 e. The zero-order valence-corrected chi connectivity index (χ0v) is 12.0. The van der Waals surface area contributed by atoms with Gasteiger partial charge in [-0.3, -0.25) is 0 Å². The smallest absolute Gasteiger partial charge is 0.0275 e. The molecule has 0 heterocycles. The Morgan fingerprint density at radius 3 is 1.50 bits per heavy atom. The average Bonchev–Trinajstić information content (AvgIpc) is 2.31. The molecule has 0 rings (SSSR count). The summed E-state index contributed by atoms with van der Waals surface area (Å²) in [5, 5.41) is 0. The van der Waals surface area contributed by atoms with Gasteiger partial charge in [-0.2, -0.15) is 0 Å². The molecule has 1 radical (unpaired) electrons. The van der Waals surface area contributed by atoms with E-state index in [1.54, 1.807) is 5.92 Å². The summed E-state index contributed by atoms with van der Waals surface area (Å²) in [6.45, 7) is 6.86. The van der Waals surface area contributed by atoms with Crippen molar-refractivity contribution in [3.63, 3.8) is 0 Å². The fourth-order valence-electron chi connectivity index (χ4n) is 2.09. The molecule has 0 aromatic heterocycles. The van der Waals surface area contributed by atoms with Crippen molar-refractivity contribution < 1.29 is 0 Å². The van der Waals surface area contributed by atoms with Crippen LogP contribution < -0.4 is 0 Å². The van der Waals surface area contributed by atoms with E-state index in [4.69, 9.17) is 0 Å². The molecule has 0 N–H and O–H groups in total. The fraction of sp³-hybridized carbons (Fsp3) is 0.938. The van der Waals surface area contributed by atoms with Gasteiger partial charge in [-0.15, -0.1) is 0 Å². The molecule has 0 aliphatic heterocycles. The van der Waals surface area contributed by atoms with Crippen LogP contribution in [0, 0.1) is 5.92 Å². The number of unbranched alkanes of at least 4 members (excludes halogenated alkanes) is 9. The molecule has 0 amide bonds. The average molecular weight is 225 g/mol. The summed E-state index contributed by atoms with van der Waals surface area (Å²) in [5.41, 5.74) is 0. The fourth-order valence-corrected chi connectivity index (χ4v) is 2.09. The lowest BCUT2D eigenvalue weighted by Crippen LogP contribution is -1.89. The summed E-state index contributed by atoms with van der Waals surface area (Å²) in [5.74, 6) is 1.68. The second-order valence-electron chi connectivity index (χ2n) is 5.24. The van der Waals surface area contributed by atoms with Gasteiger partial charge < -0.3 is 0 Å². The lowest BCUT2D eigenvalue weighted by molar-refractivity contribution is 0.549. The summed E-state index contributed by atoms with van der Waals surface area (Å²) in [6, 6.07) is 0. The van der Waals surface area contributed by atoms with E-state index in [1.165, 1.54) is 77.0 Å². The minimum absolute atomic E-state index is 1.28. The Labute approximate surface area is 104 Å². The Bertz CT molecular complexity index is 117. The second-order valence-corrected chi connectivity index (χ2v) is 5.24. The molecule has 0 saturated heterocycles. The van der Waals surface area contributed by atoms with Crippen LogP contribution >= 0.6 is 0 Å². The Hall–Kier alpha value is 0. The molecule has 0 spiro atoms. The van der Waals surface area contributed by atoms with Gasteiger partial charge in [0.05, 0.1) is 0 Å². The van der Waals surface area contributed by atoms with Gasteiger partial charge in [-0.05, 0) is 12.3 Å². The van der Waals surface area contributed by atoms with Crippen molar-refractivity contribution in [2.75, 3.05) is 0 Å². The van der Waals surface area contributed by atoms with E-state index in [2.05, 4.69) is 20.8 Å². The maximum atomic E-state index is 2.30. The lowest BCUT2D eigenvalue weighted by Gasteiger charge is -2.06. The molecule has 97 valence electrons. The van der Waals surface area contributed by atoms with Crippen LogP contribution in [0.2, 0.25) is 0 Å². The summed E-state index contributed by atoms with van der Waals surface area (Å²) < 4.78 is 0. The van der Waals surface area contributed by atoms with Crippen molar-refractivity contribution >= 4 is 0 Å². The van der Waals surface area contributed by atoms with E-state index < -0.39 is 0 Å². The Morgan fingerprint density at radius 2 is 1.06 bits per heavy atom. The van der Waals surface area contributed by atoms with Gasteiger partial charge >= 0.3 is 0 Å². The van der Waals surface area contributed by atoms with E-state index in [9.17, 15) is 0 Å². The minimum Gasteiger partial charge on any atom is -0.0654 e. The highest BCUT2D eigenvalue weighted by Crippen LogP contribution is 2.16. The van der Waals surface area contributed by atoms with Gasteiger partial charge in [0.2, 0.25) is 0 Å². The first kappa shape index (κ1) is 16.0. The van der Waals surface area contributed by atoms with Crippen LogP contribution in [0.15, 0.2) is 0 Å². The van der Waals surface area contributed by atoms with Gasteiger partial charge in [-0.1, -0.05) is 91.4 Å². The Morgan fingerprint density at radius 1 is 0.625 bits per heavy atom. The molecule has 0 atom stereocenters. The molecule has 0 saturated carbocycles. The highest BCUT2D eigenvalue weighted by atomic mass is 14.0. The van der Waals surface area contributed by atoms with Crippen LogP contribution in [-0.2, 0) is 0 Å². The predicted octanol–water partition coefficient (Wildman–Crippen LogP) is 6.30. The van der Waals surface area contributed by atoms with E-state index in [0.29, 0.717) is 0 Å². The van der Waals surface area contributed by atoms with Crippen molar-refractivity contribution in [1.82, 2.24) is 0 Å². The third kappa shape index (κ3) is 12.1. The van der Waals surface area contributed by atoms with Crippen molar-refractivity contribution in [1.29, 1.82) is 0 Å². The Balaban J connectivity index is 2.93. The van der Waals surface area contributed by atoms with Gasteiger partial charge in [0.15, 0.2) is 0 Å². The number of hydrogen-bond donors (Lipinski definition) is 0. The lowest BCUT2D eigenvalue weighted by atomic mass is 9.99. The molecule has 0 aliphatic rings. The summed E-state index contributed by atoms with van der Waals surface area (Å²) in [7, 11) is 0. The van der Waals surface area contributed by atoms with Gasteiger partial charge in [0, 0.05) is 0 Å². The number of hydrogen-bond acceptors (Lipinski definition) is 0. The van der Waals surface area contributed by atoms with E-state index in [0.717, 1.165) is 0 Å². The molecule has 16 heavy (non-hydrogen) atoms. The molecular weight excluding hydrogens is 192 g/mol. The van der Waals surface area contributed by atoms with Gasteiger partial charge in [0.25, 0.3) is 0 Å². The highest BCUT2D eigenvalue weighted by Gasteiger charge is 1.98. The first-order valence-electron chi connectivity index (χ1n) is 7.62. The second kappa shape index (κ2) is 13.1. The molecule has 0 aromatic rings. The molecule has 0 fully saturated rings. The van der Waals surface area contributed by atoms with Crippen molar-refractivity contribution in [2.45, 2.75) is 97.8 Å². The topological polar surface area (TPSA) is 0 Å². The SMILES string of the molecule is CCCCCCCCCCCC[C](C)CC. The molecule has 0 nitrogen and oxygen atoms in total. The molecule has 0 aliphatic carbocycles. The van der Waals surface area contributed by atoms with Crippen LogP contribution in [0.3, 0.4) is 0 Å². The van der Waals surface area contributed by atoms with Crippen LogP contribution in [0.4, 0.5) is 0 Å². The molecule has 0 bridgehead atoms. The van der Waals surface area contributed by atoms with Crippen LogP contribution in [0.25, 0.3) is 0 Å². The molecule has 0 aromatic carbocycles. The maximum absolute atomic E-state index is 2.30. The highest BCUT2D eigenvalue weighted by molar-refractivity contribution is 4.80. The number of rotatable bonds is 12. The normalized spacial score (nSPS) is 11.2. The van der Waals surface area contributed by atoms with Crippen LogP contribution in [-0.4, -0.2) is 0 Å². The van der Waals surface area contributed by atoms with Crippen molar-refractivity contribution in [3.8, 4) is 0 Å². The summed E-state index contributed by atoms with van der Waals surface area (Å²) >= 11 is 0. The molecule has 0 heteroatoms. The van der Waals surface area contributed by atoms with Gasteiger partial charge in [-0.25, -0.2) is 0 Å². The van der Waals surface area contributed by atoms with E-state index >= 15 is 0 Å². The molecular formula is C16H33. The van der Waals surface area contributed by atoms with Crippen LogP contribution in [0.1, 0.15) is 97.8 Å². The monoisotopic (exact) mass is 225 g/mol. The standard InChI is InChI=1S/C16H33/c1-4-6-7-8-9-10-11-12-13-14-15-16(3)5-2/h4-15H2,1-3H3. The third-order valence-corrected chi connectivity index (χ3v) is 3.56. The molecule has 0 unspecified atom stereocenters. The van der Waals surface area contributed by atoms with E-state index in [1.807, 2.05) is 0 Å². The first-order chi connectivity index (χ1) is 7.81. The summed E-state index contributed by atoms with van der Waals surface area (Å²) in [6.07, 6.45) is 17.1. The van der Waals surface area contributed by atoms with Gasteiger partial charge in [0.1, 0.15) is 0 Å². The Kier molecular flexibility index (Phi) is 13.1. The minimum atomic E-state index is 1.28. The maximum Gasteiger partial charge on any atom is -0.0275 e. The zero-order valence-electron chi connectivity index (χ0n) is 12.0. The predicted molar refractivity (Wildman–Crippen MR) is 75.7 cm³/mol. The van der Waals surface area contributed by atoms with E-state index in [-0.39, 0.29) is 0 Å². The summed E-state index contributed by atoms with van der Waals surface area (Å²) in [4.78, 5) is 0. The van der Waals surface area contributed by atoms with Crippen molar-refractivity contribution in [3.05, 3.63) is 5.92 Å². The third-order valence-electron chi connectivity index (χ3n) is 3.56. The first-order valence-corrected chi connectivity index (χ1v) is 7.62. The quantitative estimate of drug-likeness (QED) is 0.342. The van der Waals surface area contributed by atoms with Crippen LogP contribution in [0.5, 0.6) is 0 Å².